The topological polar surface area (TPSA) is 56.8 Å². The van der Waals surface area contributed by atoms with Crippen LogP contribution in [0.15, 0.2) is 42.7 Å². The van der Waals surface area contributed by atoms with Crippen LogP contribution in [0.25, 0.3) is 21.9 Å². The fourth-order valence-corrected chi connectivity index (χ4v) is 4.23. The Kier molecular flexibility index (Phi) is 5.04. The van der Waals surface area contributed by atoms with Crippen LogP contribution < -0.4 is 10.2 Å². The van der Waals surface area contributed by atoms with Crippen LogP contribution in [0.1, 0.15) is 18.5 Å². The van der Waals surface area contributed by atoms with Crippen molar-refractivity contribution in [1.29, 1.82) is 0 Å². The number of H-pyrrole nitrogens is 1. The van der Waals surface area contributed by atoms with Gasteiger partial charge < -0.3 is 15.2 Å². The molecule has 1 saturated heterocycles. The van der Waals surface area contributed by atoms with Crippen molar-refractivity contribution >= 4 is 63.0 Å². The van der Waals surface area contributed by atoms with Crippen LogP contribution >= 0.6 is 24.0 Å². The van der Waals surface area contributed by atoms with E-state index in [2.05, 4.69) is 50.3 Å². The highest BCUT2D eigenvalue weighted by Crippen LogP contribution is 2.35. The van der Waals surface area contributed by atoms with E-state index in [0.717, 1.165) is 62.8 Å². The molecule has 2 aromatic carbocycles. The molecular formula is C21H21Cl2N5. The van der Waals surface area contributed by atoms with Gasteiger partial charge in [0.25, 0.3) is 0 Å². The number of pyridine rings is 1. The standard InChI is InChI=1S/C21H20ClN5.ClH/c1-13-10-18(20-16(25-13)5-6-17-21(20)24-12-23-17)26-14-4-7-19(15(22)11-14)27-8-2-3-9-27;/h4-7,10-12,25-26H,2-3,8-9H2,1H3;1H. The Hall–Kier alpha value is -2.50. The number of hydrogen-bond acceptors (Lipinski definition) is 4. The molecule has 28 heavy (non-hydrogen) atoms. The van der Waals surface area contributed by atoms with Crippen LogP contribution in [0.3, 0.4) is 0 Å². The van der Waals surface area contributed by atoms with Gasteiger partial charge in [0, 0.05) is 35.4 Å². The molecule has 5 rings (SSSR count). The first-order chi connectivity index (χ1) is 13.2. The van der Waals surface area contributed by atoms with Gasteiger partial charge in [-0.3, -0.25) is 0 Å². The van der Waals surface area contributed by atoms with Crippen LogP contribution in [0.5, 0.6) is 0 Å². The third-order valence-corrected chi connectivity index (χ3v) is 5.48. The molecule has 0 radical (unpaired) electrons. The van der Waals surface area contributed by atoms with Gasteiger partial charge in [-0.05, 0) is 56.2 Å². The van der Waals surface area contributed by atoms with Crippen LogP contribution in [-0.2, 0) is 0 Å². The van der Waals surface area contributed by atoms with E-state index in [1.165, 1.54) is 12.8 Å². The maximum atomic E-state index is 6.59. The number of aryl methyl sites for hydroxylation is 1. The highest BCUT2D eigenvalue weighted by molar-refractivity contribution is 6.33. The van der Waals surface area contributed by atoms with Crippen LogP contribution in [0.2, 0.25) is 5.02 Å². The first kappa shape index (κ1) is 18.8. The second kappa shape index (κ2) is 7.49. The molecule has 7 heteroatoms. The van der Waals surface area contributed by atoms with E-state index in [-0.39, 0.29) is 12.4 Å². The summed E-state index contributed by atoms with van der Waals surface area (Å²) in [4.78, 5) is 14.6. The second-order valence-corrected chi connectivity index (χ2v) is 7.49. The zero-order chi connectivity index (χ0) is 18.4. The number of rotatable bonds is 3. The van der Waals surface area contributed by atoms with E-state index in [0.29, 0.717) is 0 Å². The van der Waals surface area contributed by atoms with Crippen molar-refractivity contribution in [3.8, 4) is 0 Å². The predicted molar refractivity (Wildman–Crippen MR) is 120 cm³/mol. The molecule has 0 spiro atoms. The molecule has 1 fully saturated rings. The minimum Gasteiger partial charge on any atom is -0.370 e. The molecule has 4 aromatic rings. The van der Waals surface area contributed by atoms with Gasteiger partial charge in [-0.15, -0.1) is 12.4 Å². The number of anilines is 3. The van der Waals surface area contributed by atoms with Crippen molar-refractivity contribution in [2.75, 3.05) is 23.3 Å². The Balaban J connectivity index is 0.00000192. The van der Waals surface area contributed by atoms with Gasteiger partial charge in [-0.1, -0.05) is 11.6 Å². The lowest BCUT2D eigenvalue weighted by atomic mass is 10.1. The number of benzene rings is 2. The first-order valence-corrected chi connectivity index (χ1v) is 9.61. The van der Waals surface area contributed by atoms with Crippen molar-refractivity contribution in [2.45, 2.75) is 19.8 Å². The van der Waals surface area contributed by atoms with Crippen molar-refractivity contribution in [3.05, 3.63) is 53.4 Å². The Morgan fingerprint density at radius 2 is 1.89 bits per heavy atom. The quantitative estimate of drug-likeness (QED) is 0.442. The average molecular weight is 414 g/mol. The Labute approximate surface area is 174 Å². The summed E-state index contributed by atoms with van der Waals surface area (Å²) < 4.78 is 0. The Bertz CT molecular complexity index is 1150. The number of hydrogen-bond donors (Lipinski definition) is 2. The summed E-state index contributed by atoms with van der Waals surface area (Å²) in [6.45, 7) is 4.21. The number of halogens is 2. The largest absolute Gasteiger partial charge is 0.370 e. The maximum Gasteiger partial charge on any atom is 0.116 e. The lowest BCUT2D eigenvalue weighted by Crippen LogP contribution is -2.17. The van der Waals surface area contributed by atoms with E-state index in [4.69, 9.17) is 11.6 Å². The summed E-state index contributed by atoms with van der Waals surface area (Å²) in [5, 5.41) is 5.36. The van der Waals surface area contributed by atoms with E-state index in [9.17, 15) is 0 Å². The van der Waals surface area contributed by atoms with Crippen LogP contribution in [-0.4, -0.2) is 28.0 Å². The molecule has 0 saturated carbocycles. The van der Waals surface area contributed by atoms with Crippen molar-refractivity contribution < 1.29 is 0 Å². The average Bonchev–Trinajstić information content (AvgIpc) is 3.33. The van der Waals surface area contributed by atoms with Gasteiger partial charge >= 0.3 is 0 Å². The summed E-state index contributed by atoms with van der Waals surface area (Å²) in [5.74, 6) is 0. The highest BCUT2D eigenvalue weighted by atomic mass is 35.5. The molecule has 0 amide bonds. The summed E-state index contributed by atoms with van der Waals surface area (Å²) >= 11 is 6.59. The smallest absolute Gasteiger partial charge is 0.116 e. The SMILES string of the molecule is Cc1cc(Nc2ccc(N3CCCC3)c(Cl)c2)c2c(ccc3ncnc32)[nH]1.Cl. The van der Waals surface area contributed by atoms with E-state index >= 15 is 0 Å². The molecule has 144 valence electrons. The predicted octanol–water partition coefficient (Wildman–Crippen LogP) is 5.84. The summed E-state index contributed by atoms with van der Waals surface area (Å²) in [5.41, 5.74) is 6.97. The number of fused-ring (bicyclic) bond motifs is 3. The lowest BCUT2D eigenvalue weighted by Gasteiger charge is -2.20. The van der Waals surface area contributed by atoms with Gasteiger partial charge in [0.1, 0.15) is 11.8 Å². The fourth-order valence-electron chi connectivity index (χ4n) is 3.93. The molecule has 2 N–H and O–H groups in total. The van der Waals surface area contributed by atoms with Crippen LogP contribution in [0, 0.1) is 6.92 Å². The minimum atomic E-state index is 0. The molecule has 5 nitrogen and oxygen atoms in total. The van der Waals surface area contributed by atoms with Gasteiger partial charge in [0.15, 0.2) is 0 Å². The molecule has 0 atom stereocenters. The third-order valence-electron chi connectivity index (χ3n) is 5.18. The van der Waals surface area contributed by atoms with Gasteiger partial charge in [0.05, 0.1) is 21.9 Å². The van der Waals surface area contributed by atoms with Crippen molar-refractivity contribution in [1.82, 2.24) is 15.0 Å². The highest BCUT2D eigenvalue weighted by Gasteiger charge is 2.16. The van der Waals surface area contributed by atoms with Gasteiger partial charge in [-0.2, -0.15) is 0 Å². The first-order valence-electron chi connectivity index (χ1n) is 9.23. The van der Waals surface area contributed by atoms with Crippen molar-refractivity contribution in [2.24, 2.45) is 0 Å². The fraction of sp³-hybridized carbons (Fsp3) is 0.238. The van der Waals surface area contributed by atoms with Gasteiger partial charge in [-0.25, -0.2) is 9.97 Å². The maximum absolute atomic E-state index is 6.59. The number of nitrogens with zero attached hydrogens (tertiary/aromatic N) is 3. The monoisotopic (exact) mass is 413 g/mol. The van der Waals surface area contributed by atoms with E-state index in [1.54, 1.807) is 6.33 Å². The number of aromatic nitrogens is 3. The molecule has 0 bridgehead atoms. The molecular weight excluding hydrogens is 393 g/mol. The molecule has 1 aliphatic rings. The Morgan fingerprint density at radius 1 is 1.07 bits per heavy atom. The molecule has 0 aliphatic carbocycles. The summed E-state index contributed by atoms with van der Waals surface area (Å²) in [6, 6.07) is 12.3. The number of aromatic amines is 1. The Morgan fingerprint density at radius 3 is 2.68 bits per heavy atom. The molecule has 0 unspecified atom stereocenters. The molecule has 2 aromatic heterocycles. The van der Waals surface area contributed by atoms with Crippen LogP contribution in [0.4, 0.5) is 17.1 Å². The summed E-state index contributed by atoms with van der Waals surface area (Å²) in [6.07, 6.45) is 4.08. The molecule has 3 heterocycles. The minimum absolute atomic E-state index is 0. The number of nitrogens with one attached hydrogen (secondary N) is 2. The summed E-state index contributed by atoms with van der Waals surface area (Å²) in [7, 11) is 0. The van der Waals surface area contributed by atoms with E-state index in [1.807, 2.05) is 18.2 Å². The lowest BCUT2D eigenvalue weighted by molar-refractivity contribution is 0.949. The second-order valence-electron chi connectivity index (χ2n) is 7.08. The van der Waals surface area contributed by atoms with E-state index < -0.39 is 0 Å². The molecule has 1 aliphatic heterocycles. The van der Waals surface area contributed by atoms with Crippen molar-refractivity contribution in [3.63, 3.8) is 0 Å². The normalized spacial score (nSPS) is 13.9. The zero-order valence-electron chi connectivity index (χ0n) is 15.5. The third kappa shape index (κ3) is 3.25. The zero-order valence-corrected chi connectivity index (χ0v) is 17.1. The van der Waals surface area contributed by atoms with Gasteiger partial charge in [0.2, 0.25) is 0 Å². The number of imidazole rings is 1.